The fourth-order valence-corrected chi connectivity index (χ4v) is 1.03. The number of alkyl halides is 3. The van der Waals surface area contributed by atoms with E-state index in [9.17, 15) is 26.4 Å². The molecule has 0 aromatic rings. The molecule has 1 unspecified atom stereocenters. The highest BCUT2D eigenvalue weighted by Crippen LogP contribution is 2.21. The molecule has 0 amide bonds. The van der Waals surface area contributed by atoms with Crippen LogP contribution in [0.15, 0.2) is 0 Å². The molecule has 10 heteroatoms. The SMILES string of the molecule is COC(=O)C(O)CNS(=O)(=O)C(F)(F)F. The molecule has 2 N–H and O–H groups in total. The second kappa shape index (κ2) is 4.77. The zero-order chi connectivity index (χ0) is 12.3. The number of methoxy groups -OCH3 is 1. The molecule has 0 saturated carbocycles. The van der Waals surface area contributed by atoms with Crippen molar-refractivity contribution in [3.05, 3.63) is 0 Å². The van der Waals surface area contributed by atoms with Gasteiger partial charge in [-0.25, -0.2) is 17.9 Å². The summed E-state index contributed by atoms with van der Waals surface area (Å²) in [6.07, 6.45) is -1.98. The average Bonchev–Trinajstić information content (AvgIpc) is 2.11. The van der Waals surface area contributed by atoms with Gasteiger partial charge in [-0.3, -0.25) is 0 Å². The highest BCUT2D eigenvalue weighted by molar-refractivity contribution is 7.90. The topological polar surface area (TPSA) is 92.7 Å². The standard InChI is InChI=1S/C5H8F3NO5S/c1-14-4(11)3(10)2-9-15(12,13)5(6,7)8/h3,9-10H,2H2,1H3. The number of aliphatic hydroxyl groups excluding tert-OH is 1. The van der Waals surface area contributed by atoms with Crippen molar-refractivity contribution in [1.29, 1.82) is 0 Å². The first-order valence-corrected chi connectivity index (χ1v) is 4.92. The number of esters is 1. The number of carbonyl (C=O) groups is 1. The van der Waals surface area contributed by atoms with Gasteiger partial charge in [0.2, 0.25) is 0 Å². The normalized spacial score (nSPS) is 14.7. The summed E-state index contributed by atoms with van der Waals surface area (Å²) < 4.78 is 60.9. The third kappa shape index (κ3) is 4.01. The van der Waals surface area contributed by atoms with Crippen LogP contribution >= 0.6 is 0 Å². The Morgan fingerprint density at radius 2 is 2.00 bits per heavy atom. The van der Waals surface area contributed by atoms with Crippen molar-refractivity contribution in [3.8, 4) is 0 Å². The quantitative estimate of drug-likeness (QED) is 0.622. The molecular weight excluding hydrogens is 243 g/mol. The summed E-state index contributed by atoms with van der Waals surface area (Å²) in [5.74, 6) is -1.24. The van der Waals surface area contributed by atoms with Crippen molar-refractivity contribution in [1.82, 2.24) is 4.72 Å². The fourth-order valence-electron chi connectivity index (χ4n) is 0.490. The molecule has 0 saturated heterocycles. The van der Waals surface area contributed by atoms with Gasteiger partial charge in [-0.05, 0) is 0 Å². The van der Waals surface area contributed by atoms with Gasteiger partial charge in [0.15, 0.2) is 6.10 Å². The Morgan fingerprint density at radius 1 is 1.53 bits per heavy atom. The molecule has 6 nitrogen and oxygen atoms in total. The Kier molecular flexibility index (Phi) is 4.49. The first-order chi connectivity index (χ1) is 6.62. The average molecular weight is 251 g/mol. The minimum Gasteiger partial charge on any atom is -0.467 e. The number of hydrogen-bond acceptors (Lipinski definition) is 5. The lowest BCUT2D eigenvalue weighted by atomic mass is 10.4. The predicted molar refractivity (Wildman–Crippen MR) is 41.0 cm³/mol. The molecule has 90 valence electrons. The van der Waals surface area contributed by atoms with Gasteiger partial charge < -0.3 is 9.84 Å². The van der Waals surface area contributed by atoms with E-state index < -0.39 is 34.1 Å². The lowest BCUT2D eigenvalue weighted by molar-refractivity contribution is -0.149. The molecule has 0 radical (unpaired) electrons. The van der Waals surface area contributed by atoms with Crippen molar-refractivity contribution in [2.75, 3.05) is 13.7 Å². The van der Waals surface area contributed by atoms with Crippen molar-refractivity contribution < 1.29 is 36.2 Å². The minimum atomic E-state index is -5.55. The molecule has 1 atom stereocenters. The summed E-state index contributed by atoms with van der Waals surface area (Å²) in [5.41, 5.74) is -5.48. The maximum atomic E-state index is 11.7. The van der Waals surface area contributed by atoms with Crippen LogP contribution in [-0.2, 0) is 19.6 Å². The molecule has 0 aliphatic rings. The largest absolute Gasteiger partial charge is 0.511 e. The first kappa shape index (κ1) is 14.1. The van der Waals surface area contributed by atoms with Crippen molar-refractivity contribution in [2.24, 2.45) is 0 Å². The number of sulfonamides is 1. The summed E-state index contributed by atoms with van der Waals surface area (Å²) in [6.45, 7) is -1.10. The van der Waals surface area contributed by atoms with Crippen LogP contribution in [-0.4, -0.2) is 44.8 Å². The molecular formula is C5H8F3NO5S. The van der Waals surface area contributed by atoms with Crippen molar-refractivity contribution in [3.63, 3.8) is 0 Å². The zero-order valence-corrected chi connectivity index (χ0v) is 8.22. The predicted octanol–water partition coefficient (Wildman–Crippen LogP) is -1.04. The van der Waals surface area contributed by atoms with Gasteiger partial charge in [0.1, 0.15) is 0 Å². The van der Waals surface area contributed by atoms with E-state index in [-0.39, 0.29) is 0 Å². The number of carbonyl (C=O) groups excluding carboxylic acids is 1. The molecule has 0 bridgehead atoms. The number of ether oxygens (including phenoxy) is 1. The van der Waals surface area contributed by atoms with Gasteiger partial charge in [0.25, 0.3) is 0 Å². The molecule has 15 heavy (non-hydrogen) atoms. The summed E-state index contributed by atoms with van der Waals surface area (Å²) in [6, 6.07) is 0. The van der Waals surface area contributed by atoms with Crippen molar-refractivity contribution >= 4 is 16.0 Å². The van der Waals surface area contributed by atoms with E-state index in [2.05, 4.69) is 4.74 Å². The van der Waals surface area contributed by atoms with Crippen LogP contribution in [0.25, 0.3) is 0 Å². The van der Waals surface area contributed by atoms with Crippen LogP contribution < -0.4 is 4.72 Å². The van der Waals surface area contributed by atoms with Gasteiger partial charge in [-0.1, -0.05) is 0 Å². The Hall–Kier alpha value is -0.870. The maximum absolute atomic E-state index is 11.7. The molecule has 0 aromatic heterocycles. The molecule has 0 aliphatic carbocycles. The summed E-state index contributed by atoms with van der Waals surface area (Å²) >= 11 is 0. The lowest BCUT2D eigenvalue weighted by Crippen LogP contribution is -2.42. The summed E-state index contributed by atoms with van der Waals surface area (Å²) in [4.78, 5) is 10.5. The maximum Gasteiger partial charge on any atom is 0.511 e. The first-order valence-electron chi connectivity index (χ1n) is 3.43. The number of halogens is 3. The van der Waals surface area contributed by atoms with Gasteiger partial charge in [-0.15, -0.1) is 0 Å². The lowest BCUT2D eigenvalue weighted by Gasteiger charge is -2.11. The monoisotopic (exact) mass is 251 g/mol. The second-order valence-electron chi connectivity index (χ2n) is 2.34. The molecule has 0 rings (SSSR count). The van der Waals surface area contributed by atoms with Crippen molar-refractivity contribution in [2.45, 2.75) is 11.6 Å². The van der Waals surface area contributed by atoms with Gasteiger partial charge >= 0.3 is 21.5 Å². The molecule has 0 heterocycles. The molecule has 0 aromatic carbocycles. The fraction of sp³-hybridized carbons (Fsp3) is 0.800. The summed E-state index contributed by atoms with van der Waals surface area (Å²) in [7, 11) is -4.66. The third-order valence-corrected chi connectivity index (χ3v) is 2.40. The van der Waals surface area contributed by atoms with Crippen LogP contribution in [0.3, 0.4) is 0 Å². The van der Waals surface area contributed by atoms with E-state index in [0.717, 1.165) is 11.8 Å². The second-order valence-corrected chi connectivity index (χ2v) is 4.10. The van der Waals surface area contributed by atoms with Crippen LogP contribution in [0, 0.1) is 0 Å². The molecule has 0 aliphatic heterocycles. The van der Waals surface area contributed by atoms with Gasteiger partial charge in [-0.2, -0.15) is 13.2 Å². The summed E-state index contributed by atoms with van der Waals surface area (Å²) in [5, 5.41) is 8.78. The van der Waals surface area contributed by atoms with Crippen LogP contribution in [0.4, 0.5) is 13.2 Å². The zero-order valence-electron chi connectivity index (χ0n) is 7.41. The van der Waals surface area contributed by atoms with E-state index in [4.69, 9.17) is 5.11 Å². The van der Waals surface area contributed by atoms with E-state index in [1.54, 1.807) is 0 Å². The van der Waals surface area contributed by atoms with E-state index in [1.165, 1.54) is 0 Å². The molecule has 0 spiro atoms. The molecule has 0 fully saturated rings. The number of nitrogens with one attached hydrogen (secondary N) is 1. The van der Waals surface area contributed by atoms with Gasteiger partial charge in [0.05, 0.1) is 7.11 Å². The third-order valence-electron chi connectivity index (χ3n) is 1.24. The Balaban J connectivity index is 4.36. The number of hydrogen-bond donors (Lipinski definition) is 2. The van der Waals surface area contributed by atoms with E-state index in [0.29, 0.717) is 0 Å². The van der Waals surface area contributed by atoms with Gasteiger partial charge in [0, 0.05) is 6.54 Å². The van der Waals surface area contributed by atoms with Crippen LogP contribution in [0.5, 0.6) is 0 Å². The van der Waals surface area contributed by atoms with E-state index in [1.807, 2.05) is 0 Å². The highest BCUT2D eigenvalue weighted by atomic mass is 32.2. The highest BCUT2D eigenvalue weighted by Gasteiger charge is 2.45. The number of rotatable bonds is 4. The Morgan fingerprint density at radius 3 is 2.33 bits per heavy atom. The number of aliphatic hydroxyl groups is 1. The minimum absolute atomic E-state index is 0.893. The smallest absolute Gasteiger partial charge is 0.467 e. The Labute approximate surface area is 83.1 Å². The Bertz CT molecular complexity index is 324. The van der Waals surface area contributed by atoms with Crippen LogP contribution in [0.1, 0.15) is 0 Å². The van der Waals surface area contributed by atoms with E-state index >= 15 is 0 Å². The van der Waals surface area contributed by atoms with Crippen LogP contribution in [0.2, 0.25) is 0 Å².